The van der Waals surface area contributed by atoms with E-state index >= 15 is 0 Å². The maximum atomic E-state index is 11.9. The molecule has 2 N–H and O–H groups in total. The van der Waals surface area contributed by atoms with E-state index in [2.05, 4.69) is 10.2 Å². The van der Waals surface area contributed by atoms with Gasteiger partial charge in [0.2, 0.25) is 0 Å². The number of benzene rings is 3. The second kappa shape index (κ2) is 8.81. The Hall–Kier alpha value is -4.72. The fraction of sp³-hybridized carbons (Fsp3) is 0.143. The lowest BCUT2D eigenvalue weighted by Gasteiger charge is -2.13. The first-order valence-corrected chi connectivity index (χ1v) is 11.5. The summed E-state index contributed by atoms with van der Waals surface area (Å²) in [4.78, 5) is 16.6. The number of H-pyrrole nitrogens is 2. The number of fused-ring (bicyclic) bond motifs is 4. The number of rotatable bonds is 7. The Labute approximate surface area is 205 Å². The van der Waals surface area contributed by atoms with Crippen molar-refractivity contribution in [1.82, 2.24) is 15.2 Å². The molecule has 3 aromatic carbocycles. The highest BCUT2D eigenvalue weighted by Crippen LogP contribution is 2.41. The van der Waals surface area contributed by atoms with Gasteiger partial charge in [0.15, 0.2) is 28.2 Å². The van der Waals surface area contributed by atoms with E-state index in [-0.39, 0.29) is 5.43 Å². The minimum absolute atomic E-state index is 0.111. The van der Waals surface area contributed by atoms with Crippen LogP contribution in [0.15, 0.2) is 76.1 Å². The number of methoxy groups -OCH3 is 2. The average molecular weight is 482 g/mol. The van der Waals surface area contributed by atoms with E-state index in [9.17, 15) is 4.79 Å². The van der Waals surface area contributed by atoms with E-state index < -0.39 is 0 Å². The van der Waals surface area contributed by atoms with Gasteiger partial charge in [-0.15, -0.1) is 0 Å². The fourth-order valence-electron chi connectivity index (χ4n) is 4.47. The second-order valence-electron chi connectivity index (χ2n) is 8.41. The molecule has 0 bridgehead atoms. The van der Waals surface area contributed by atoms with Crippen molar-refractivity contribution in [2.24, 2.45) is 0 Å². The monoisotopic (exact) mass is 481 g/mol. The summed E-state index contributed by atoms with van der Waals surface area (Å²) < 4.78 is 23.1. The largest absolute Gasteiger partial charge is 0.497 e. The van der Waals surface area contributed by atoms with Crippen LogP contribution in [0.25, 0.3) is 44.2 Å². The topological polar surface area (TPSA) is 102 Å². The molecular formula is C28H23N3O5. The van der Waals surface area contributed by atoms with Crippen LogP contribution in [-0.2, 0) is 6.42 Å². The Balaban J connectivity index is 1.37. The highest BCUT2D eigenvalue weighted by molar-refractivity contribution is 6.14. The Bertz CT molecular complexity index is 1760. The number of nitrogens with one attached hydrogen (secondary N) is 2. The molecule has 3 heterocycles. The minimum atomic E-state index is -0.111. The summed E-state index contributed by atoms with van der Waals surface area (Å²) in [6.07, 6.45) is 2.59. The number of hydrogen-bond donors (Lipinski definition) is 2. The van der Waals surface area contributed by atoms with Crippen LogP contribution < -0.4 is 19.6 Å². The Morgan fingerprint density at radius 3 is 2.58 bits per heavy atom. The summed E-state index contributed by atoms with van der Waals surface area (Å²) in [5, 5.41) is 7.74. The van der Waals surface area contributed by atoms with Gasteiger partial charge in [0.25, 0.3) is 0 Å². The predicted octanol–water partition coefficient (Wildman–Crippen LogP) is 5.46. The molecule has 3 aromatic heterocycles. The van der Waals surface area contributed by atoms with Crippen LogP contribution in [-0.4, -0.2) is 36.0 Å². The molecule has 0 saturated heterocycles. The highest BCUT2D eigenvalue weighted by atomic mass is 16.5. The molecule has 0 saturated carbocycles. The number of ether oxygens (including phenoxy) is 3. The van der Waals surface area contributed by atoms with E-state index in [4.69, 9.17) is 23.6 Å². The van der Waals surface area contributed by atoms with Crippen molar-refractivity contribution >= 4 is 33.1 Å². The van der Waals surface area contributed by atoms with Gasteiger partial charge in [-0.2, -0.15) is 0 Å². The number of furan rings is 1. The van der Waals surface area contributed by atoms with Crippen LogP contribution in [0.2, 0.25) is 0 Å². The Kier molecular flexibility index (Phi) is 5.33. The third-order valence-electron chi connectivity index (χ3n) is 6.28. The molecule has 180 valence electrons. The number of nitrogens with zero attached hydrogens (tertiary/aromatic N) is 1. The van der Waals surface area contributed by atoms with Gasteiger partial charge in [0, 0.05) is 35.0 Å². The van der Waals surface area contributed by atoms with E-state index in [1.54, 1.807) is 20.3 Å². The summed E-state index contributed by atoms with van der Waals surface area (Å²) in [6, 6.07) is 18.5. The smallest absolute Gasteiger partial charge is 0.182 e. The molecular weight excluding hydrogens is 458 g/mol. The van der Waals surface area contributed by atoms with E-state index in [0.717, 1.165) is 39.6 Å². The first-order valence-electron chi connectivity index (χ1n) is 11.5. The van der Waals surface area contributed by atoms with Crippen molar-refractivity contribution in [1.29, 1.82) is 0 Å². The molecule has 6 aromatic rings. The summed E-state index contributed by atoms with van der Waals surface area (Å²) in [6.45, 7) is 0.500. The number of hydrogen-bond acceptors (Lipinski definition) is 6. The van der Waals surface area contributed by atoms with Crippen molar-refractivity contribution in [3.05, 3.63) is 82.6 Å². The lowest BCUT2D eigenvalue weighted by molar-refractivity contribution is 0.298. The van der Waals surface area contributed by atoms with Gasteiger partial charge >= 0.3 is 0 Å². The normalized spacial score (nSPS) is 11.4. The van der Waals surface area contributed by atoms with Crippen LogP contribution in [0.5, 0.6) is 17.2 Å². The molecule has 0 atom stereocenters. The van der Waals surface area contributed by atoms with Crippen LogP contribution in [0.4, 0.5) is 0 Å². The number of aromatic amines is 2. The van der Waals surface area contributed by atoms with Gasteiger partial charge in [-0.3, -0.25) is 9.89 Å². The van der Waals surface area contributed by atoms with Crippen molar-refractivity contribution in [2.45, 2.75) is 6.42 Å². The molecule has 0 aliphatic carbocycles. The Morgan fingerprint density at radius 1 is 0.917 bits per heavy atom. The van der Waals surface area contributed by atoms with Crippen LogP contribution in [0.1, 0.15) is 5.56 Å². The number of pyridine rings is 1. The SMILES string of the molecule is COc1ccc(CCOc2ccc(-c3c4c[nH][nH]c4nc4c3oc3cc(=O)ccc34)cc2OC)cc1. The molecule has 0 fully saturated rings. The quantitative estimate of drug-likeness (QED) is 0.314. The molecule has 0 aliphatic rings. The van der Waals surface area contributed by atoms with Gasteiger partial charge in [-0.05, 0) is 47.5 Å². The van der Waals surface area contributed by atoms with Gasteiger partial charge in [0.1, 0.15) is 16.8 Å². The van der Waals surface area contributed by atoms with Gasteiger partial charge in [0.05, 0.1) is 20.8 Å². The number of aromatic nitrogens is 3. The second-order valence-corrected chi connectivity index (χ2v) is 8.41. The zero-order valence-corrected chi connectivity index (χ0v) is 19.8. The van der Waals surface area contributed by atoms with E-state index in [1.165, 1.54) is 12.1 Å². The Morgan fingerprint density at radius 2 is 1.78 bits per heavy atom. The first-order chi connectivity index (χ1) is 17.6. The lowest BCUT2D eigenvalue weighted by atomic mass is 10.0. The highest BCUT2D eigenvalue weighted by Gasteiger charge is 2.20. The van der Waals surface area contributed by atoms with E-state index in [0.29, 0.717) is 40.4 Å². The van der Waals surface area contributed by atoms with Crippen molar-refractivity contribution in [2.75, 3.05) is 20.8 Å². The molecule has 8 nitrogen and oxygen atoms in total. The zero-order chi connectivity index (χ0) is 24.6. The maximum absolute atomic E-state index is 11.9. The van der Waals surface area contributed by atoms with Gasteiger partial charge in [-0.25, -0.2) is 4.98 Å². The van der Waals surface area contributed by atoms with Crippen LogP contribution in [0, 0.1) is 0 Å². The molecule has 6 rings (SSSR count). The molecule has 8 heteroatoms. The molecule has 0 radical (unpaired) electrons. The average Bonchev–Trinajstić information content (AvgIpc) is 3.51. The lowest BCUT2D eigenvalue weighted by Crippen LogP contribution is -2.03. The summed E-state index contributed by atoms with van der Waals surface area (Å²) in [7, 11) is 3.27. The maximum Gasteiger partial charge on any atom is 0.182 e. The third kappa shape index (κ3) is 3.73. The molecule has 0 aliphatic heterocycles. The predicted molar refractivity (Wildman–Crippen MR) is 138 cm³/mol. The first kappa shape index (κ1) is 21.8. The van der Waals surface area contributed by atoms with Crippen molar-refractivity contribution in [3.8, 4) is 28.4 Å². The summed E-state index contributed by atoms with van der Waals surface area (Å²) in [5.41, 5.74) is 5.25. The standard InChI is InChI=1S/C28H23N3O5/c1-33-19-7-3-16(4-8-19)11-12-35-22-10-5-17(13-24(22)34-2)25-21-15-29-31-28(21)30-26-20-9-6-18(32)14-23(20)36-27(25)26/h3-10,13-15H,11-12H2,1-2H3,(H2,29,30,31). The summed E-state index contributed by atoms with van der Waals surface area (Å²) in [5.74, 6) is 2.09. The van der Waals surface area contributed by atoms with Crippen molar-refractivity contribution < 1.29 is 18.6 Å². The van der Waals surface area contributed by atoms with Crippen molar-refractivity contribution in [3.63, 3.8) is 0 Å². The fourth-order valence-corrected chi connectivity index (χ4v) is 4.47. The van der Waals surface area contributed by atoms with Gasteiger partial charge < -0.3 is 23.7 Å². The van der Waals surface area contributed by atoms with E-state index in [1.807, 2.05) is 48.7 Å². The molecule has 0 amide bonds. The third-order valence-corrected chi connectivity index (χ3v) is 6.28. The molecule has 0 spiro atoms. The van der Waals surface area contributed by atoms with Crippen LogP contribution in [0.3, 0.4) is 0 Å². The van der Waals surface area contributed by atoms with Gasteiger partial charge in [-0.1, -0.05) is 18.2 Å². The summed E-state index contributed by atoms with van der Waals surface area (Å²) >= 11 is 0. The molecule has 36 heavy (non-hydrogen) atoms. The zero-order valence-electron chi connectivity index (χ0n) is 19.8. The molecule has 0 unspecified atom stereocenters. The minimum Gasteiger partial charge on any atom is -0.497 e. The van der Waals surface area contributed by atoms with Crippen LogP contribution >= 0.6 is 0 Å².